The molecule has 0 radical (unpaired) electrons. The van der Waals surface area contributed by atoms with Crippen LogP contribution < -0.4 is 5.32 Å². The predicted molar refractivity (Wildman–Crippen MR) is 87.1 cm³/mol. The lowest BCUT2D eigenvalue weighted by Gasteiger charge is -2.34. The Bertz CT molecular complexity index is 540. The molecule has 1 aliphatic rings. The smallest absolute Gasteiger partial charge is 0.255 e. The number of carbonyl (C=O) groups is 2. The molecular formula is C16H22ClN3O2. The van der Waals surface area contributed by atoms with Crippen LogP contribution >= 0.6 is 11.6 Å². The molecule has 1 aliphatic heterocycles. The van der Waals surface area contributed by atoms with E-state index in [-0.39, 0.29) is 17.9 Å². The number of nitrogens with zero attached hydrogens (tertiary/aromatic N) is 2. The van der Waals surface area contributed by atoms with E-state index in [4.69, 9.17) is 11.6 Å². The first-order valence-electron chi connectivity index (χ1n) is 7.53. The fourth-order valence-electron chi connectivity index (χ4n) is 2.48. The minimum atomic E-state index is -0.0446. The molecule has 120 valence electrons. The number of carbonyl (C=O) groups excluding carboxylic acids is 2. The Labute approximate surface area is 136 Å². The van der Waals surface area contributed by atoms with Gasteiger partial charge in [0.2, 0.25) is 5.91 Å². The molecule has 0 aliphatic carbocycles. The Kier molecular flexibility index (Phi) is 5.80. The highest BCUT2D eigenvalue weighted by Gasteiger charge is 2.24. The molecule has 0 spiro atoms. The molecule has 1 aromatic rings. The van der Waals surface area contributed by atoms with Crippen LogP contribution in [0.4, 0.5) is 0 Å². The molecule has 1 aromatic carbocycles. The molecule has 2 rings (SSSR count). The lowest BCUT2D eigenvalue weighted by Crippen LogP contribution is -2.51. The average Bonchev–Trinajstić information content (AvgIpc) is 2.47. The van der Waals surface area contributed by atoms with Gasteiger partial charge in [-0.1, -0.05) is 23.7 Å². The van der Waals surface area contributed by atoms with Gasteiger partial charge in [-0.15, -0.1) is 0 Å². The van der Waals surface area contributed by atoms with Crippen molar-refractivity contribution in [3.05, 3.63) is 34.9 Å². The van der Waals surface area contributed by atoms with Gasteiger partial charge in [0.05, 0.1) is 17.1 Å². The zero-order valence-electron chi connectivity index (χ0n) is 13.0. The van der Waals surface area contributed by atoms with Crippen molar-refractivity contribution in [2.24, 2.45) is 0 Å². The predicted octanol–water partition coefficient (Wildman–Crippen LogP) is 1.62. The van der Waals surface area contributed by atoms with Crippen LogP contribution in [-0.2, 0) is 4.79 Å². The zero-order valence-corrected chi connectivity index (χ0v) is 13.8. The van der Waals surface area contributed by atoms with E-state index in [0.717, 1.165) is 0 Å². The Morgan fingerprint density at radius 3 is 2.41 bits per heavy atom. The minimum absolute atomic E-state index is 0.0286. The average molecular weight is 324 g/mol. The third-order valence-electron chi connectivity index (χ3n) is 3.58. The molecule has 22 heavy (non-hydrogen) atoms. The maximum absolute atomic E-state index is 12.4. The molecule has 0 aromatic heterocycles. The normalized spacial score (nSPS) is 15.9. The fourth-order valence-corrected chi connectivity index (χ4v) is 2.70. The highest BCUT2D eigenvalue weighted by atomic mass is 35.5. The van der Waals surface area contributed by atoms with Crippen LogP contribution in [0.5, 0.6) is 0 Å². The van der Waals surface area contributed by atoms with E-state index in [2.05, 4.69) is 10.2 Å². The summed E-state index contributed by atoms with van der Waals surface area (Å²) in [7, 11) is 0. The minimum Gasteiger partial charge on any atom is -0.353 e. The van der Waals surface area contributed by atoms with Gasteiger partial charge in [0.1, 0.15) is 0 Å². The molecule has 1 saturated heterocycles. The molecule has 1 heterocycles. The monoisotopic (exact) mass is 323 g/mol. The molecule has 5 nitrogen and oxygen atoms in total. The van der Waals surface area contributed by atoms with Gasteiger partial charge in [-0.3, -0.25) is 14.5 Å². The van der Waals surface area contributed by atoms with Crippen molar-refractivity contribution in [2.45, 2.75) is 19.9 Å². The Hall–Kier alpha value is -1.59. The van der Waals surface area contributed by atoms with E-state index in [0.29, 0.717) is 43.3 Å². The summed E-state index contributed by atoms with van der Waals surface area (Å²) in [6.45, 7) is 6.88. The van der Waals surface area contributed by atoms with Gasteiger partial charge in [0, 0.05) is 32.2 Å². The second-order valence-corrected chi connectivity index (χ2v) is 6.18. The first-order chi connectivity index (χ1) is 10.5. The van der Waals surface area contributed by atoms with Crippen LogP contribution in [0.3, 0.4) is 0 Å². The summed E-state index contributed by atoms with van der Waals surface area (Å²) in [6, 6.07) is 7.24. The first-order valence-corrected chi connectivity index (χ1v) is 7.90. The highest BCUT2D eigenvalue weighted by molar-refractivity contribution is 6.33. The van der Waals surface area contributed by atoms with Gasteiger partial charge in [0.25, 0.3) is 5.91 Å². The maximum atomic E-state index is 12.4. The van der Waals surface area contributed by atoms with Crippen LogP contribution in [0, 0.1) is 0 Å². The van der Waals surface area contributed by atoms with Crippen molar-refractivity contribution in [3.8, 4) is 0 Å². The number of hydrogen-bond donors (Lipinski definition) is 1. The summed E-state index contributed by atoms with van der Waals surface area (Å²) >= 11 is 6.07. The molecule has 6 heteroatoms. The second kappa shape index (κ2) is 7.61. The molecule has 1 fully saturated rings. The van der Waals surface area contributed by atoms with Gasteiger partial charge in [-0.05, 0) is 26.0 Å². The van der Waals surface area contributed by atoms with Crippen LogP contribution in [0.1, 0.15) is 24.2 Å². The third-order valence-corrected chi connectivity index (χ3v) is 3.91. The fraction of sp³-hybridized carbons (Fsp3) is 0.500. The molecule has 2 amide bonds. The van der Waals surface area contributed by atoms with Crippen molar-refractivity contribution in [1.82, 2.24) is 15.1 Å². The molecule has 0 bridgehead atoms. The lowest BCUT2D eigenvalue weighted by atomic mass is 10.2. The molecule has 0 atom stereocenters. The topological polar surface area (TPSA) is 52.7 Å². The van der Waals surface area contributed by atoms with Crippen molar-refractivity contribution in [3.63, 3.8) is 0 Å². The highest BCUT2D eigenvalue weighted by Crippen LogP contribution is 2.18. The summed E-state index contributed by atoms with van der Waals surface area (Å²) < 4.78 is 0. The Balaban J connectivity index is 1.86. The standard InChI is InChI=1S/C16H22ClN3O2/c1-12(2)18-15(21)11-19-7-9-20(10-8-19)16(22)13-5-3-4-6-14(13)17/h3-6,12H,7-11H2,1-2H3,(H,18,21). The van der Waals surface area contributed by atoms with Crippen LogP contribution in [0.25, 0.3) is 0 Å². The van der Waals surface area contributed by atoms with E-state index < -0.39 is 0 Å². The van der Waals surface area contributed by atoms with Gasteiger partial charge in [-0.2, -0.15) is 0 Å². The van der Waals surface area contributed by atoms with E-state index in [1.807, 2.05) is 26.0 Å². The Morgan fingerprint density at radius 1 is 1.18 bits per heavy atom. The lowest BCUT2D eigenvalue weighted by molar-refractivity contribution is -0.123. The van der Waals surface area contributed by atoms with Crippen molar-refractivity contribution >= 4 is 23.4 Å². The second-order valence-electron chi connectivity index (χ2n) is 5.77. The summed E-state index contributed by atoms with van der Waals surface area (Å²) in [5.74, 6) is -0.0160. The van der Waals surface area contributed by atoms with E-state index in [1.54, 1.807) is 17.0 Å². The number of nitrogens with one attached hydrogen (secondary N) is 1. The number of benzene rings is 1. The molecule has 0 unspecified atom stereocenters. The SMILES string of the molecule is CC(C)NC(=O)CN1CCN(C(=O)c2ccccc2Cl)CC1. The largest absolute Gasteiger partial charge is 0.353 e. The van der Waals surface area contributed by atoms with Crippen LogP contribution in [-0.4, -0.2) is 60.4 Å². The van der Waals surface area contributed by atoms with Gasteiger partial charge >= 0.3 is 0 Å². The number of amides is 2. The molecule has 0 saturated carbocycles. The number of hydrogen-bond acceptors (Lipinski definition) is 3. The van der Waals surface area contributed by atoms with Gasteiger partial charge in [-0.25, -0.2) is 0 Å². The molecular weight excluding hydrogens is 302 g/mol. The van der Waals surface area contributed by atoms with Crippen LogP contribution in [0.15, 0.2) is 24.3 Å². The summed E-state index contributed by atoms with van der Waals surface area (Å²) in [6.07, 6.45) is 0. The van der Waals surface area contributed by atoms with Crippen LogP contribution in [0.2, 0.25) is 5.02 Å². The Morgan fingerprint density at radius 2 is 1.82 bits per heavy atom. The van der Waals surface area contributed by atoms with Crippen molar-refractivity contribution < 1.29 is 9.59 Å². The van der Waals surface area contributed by atoms with Gasteiger partial charge in [0.15, 0.2) is 0 Å². The van der Waals surface area contributed by atoms with E-state index in [9.17, 15) is 9.59 Å². The quantitative estimate of drug-likeness (QED) is 0.916. The number of rotatable bonds is 4. The summed E-state index contributed by atoms with van der Waals surface area (Å²) in [4.78, 5) is 28.0. The number of halogens is 1. The van der Waals surface area contributed by atoms with Gasteiger partial charge < -0.3 is 10.2 Å². The maximum Gasteiger partial charge on any atom is 0.255 e. The summed E-state index contributed by atoms with van der Waals surface area (Å²) in [5, 5.41) is 3.36. The summed E-state index contributed by atoms with van der Waals surface area (Å²) in [5.41, 5.74) is 0.537. The van der Waals surface area contributed by atoms with E-state index in [1.165, 1.54) is 0 Å². The first kappa shape index (κ1) is 16.8. The number of piperazine rings is 1. The van der Waals surface area contributed by atoms with E-state index >= 15 is 0 Å². The molecule has 1 N–H and O–H groups in total. The zero-order chi connectivity index (χ0) is 16.1. The van der Waals surface area contributed by atoms with Crippen molar-refractivity contribution in [2.75, 3.05) is 32.7 Å². The third kappa shape index (κ3) is 4.45. The van der Waals surface area contributed by atoms with Crippen molar-refractivity contribution in [1.29, 1.82) is 0 Å².